The van der Waals surface area contributed by atoms with Gasteiger partial charge >= 0.3 is 0 Å². The van der Waals surface area contributed by atoms with Crippen molar-refractivity contribution in [3.05, 3.63) is 85.8 Å². The van der Waals surface area contributed by atoms with E-state index in [1.807, 2.05) is 66.9 Å². The van der Waals surface area contributed by atoms with Crippen molar-refractivity contribution in [3.8, 4) is 17.6 Å². The molecule has 1 fully saturated rings. The number of thioether (sulfide) groups is 2. The number of benzene rings is 3. The van der Waals surface area contributed by atoms with Crippen molar-refractivity contribution in [3.63, 3.8) is 0 Å². The fourth-order valence-electron chi connectivity index (χ4n) is 3.46. The molecule has 1 saturated heterocycles. The molecule has 9 heteroatoms. The van der Waals surface area contributed by atoms with Crippen LogP contribution in [0.25, 0.3) is 6.08 Å². The van der Waals surface area contributed by atoms with Crippen molar-refractivity contribution in [2.45, 2.75) is 11.5 Å². The third-order valence-electron chi connectivity index (χ3n) is 5.16. The van der Waals surface area contributed by atoms with E-state index in [2.05, 4.69) is 28.7 Å². The number of carbonyl (C=O) groups excluding carboxylic acids is 1. The number of hydrogen-bond donors (Lipinski definition) is 0. The molecule has 0 aromatic heterocycles. The molecule has 0 saturated carbocycles. The standard InChI is InChI=1S/C26H19IN2O3S3/c1-31-22-11-16(10-21(27)24(22)32-15-18-7-4-3-6-17(18)14-28)12-23-25(30)29(26(33)35-23)19-8-5-9-20(13-19)34-2/h3-13H,15H2,1-2H3/b23-12+. The molecule has 3 aromatic rings. The van der Waals surface area contributed by atoms with Crippen LogP contribution in [0.2, 0.25) is 0 Å². The fourth-order valence-corrected chi connectivity index (χ4v) is 5.99. The molecule has 0 N–H and O–H groups in total. The highest BCUT2D eigenvalue weighted by Crippen LogP contribution is 2.39. The van der Waals surface area contributed by atoms with E-state index in [-0.39, 0.29) is 12.5 Å². The molecule has 0 radical (unpaired) electrons. The smallest absolute Gasteiger partial charge is 0.270 e. The molecule has 1 aliphatic heterocycles. The lowest BCUT2D eigenvalue weighted by molar-refractivity contribution is -0.113. The minimum atomic E-state index is -0.152. The lowest BCUT2D eigenvalue weighted by Crippen LogP contribution is -2.27. The second-order valence-corrected chi connectivity index (χ2v) is 11.0. The van der Waals surface area contributed by atoms with Crippen LogP contribution in [-0.2, 0) is 11.4 Å². The monoisotopic (exact) mass is 630 g/mol. The summed E-state index contributed by atoms with van der Waals surface area (Å²) in [6.45, 7) is 0.239. The predicted molar refractivity (Wildman–Crippen MR) is 155 cm³/mol. The van der Waals surface area contributed by atoms with Crippen LogP contribution < -0.4 is 14.4 Å². The maximum absolute atomic E-state index is 13.2. The zero-order valence-corrected chi connectivity index (χ0v) is 23.4. The summed E-state index contributed by atoms with van der Waals surface area (Å²) in [4.78, 5) is 16.4. The second-order valence-electron chi connectivity index (χ2n) is 7.31. The first kappa shape index (κ1) is 25.6. The Morgan fingerprint density at radius 3 is 2.74 bits per heavy atom. The molecular weight excluding hydrogens is 611 g/mol. The maximum Gasteiger partial charge on any atom is 0.270 e. The normalized spacial score (nSPS) is 14.3. The Balaban J connectivity index is 1.59. The van der Waals surface area contributed by atoms with Gasteiger partial charge in [-0.2, -0.15) is 5.26 Å². The number of nitrogens with zero attached hydrogens (tertiary/aromatic N) is 2. The molecule has 4 rings (SSSR count). The number of hydrogen-bond acceptors (Lipinski definition) is 7. The molecule has 5 nitrogen and oxygen atoms in total. The highest BCUT2D eigenvalue weighted by Gasteiger charge is 2.33. The molecule has 1 amide bonds. The van der Waals surface area contributed by atoms with Gasteiger partial charge in [0.2, 0.25) is 0 Å². The van der Waals surface area contributed by atoms with Crippen molar-refractivity contribution in [2.24, 2.45) is 0 Å². The Labute approximate surface area is 231 Å². The molecule has 0 bridgehead atoms. The Bertz CT molecular complexity index is 1380. The Morgan fingerprint density at radius 2 is 2.00 bits per heavy atom. The van der Waals surface area contributed by atoms with E-state index >= 15 is 0 Å². The first-order valence-corrected chi connectivity index (χ1v) is 13.9. The Morgan fingerprint density at radius 1 is 1.20 bits per heavy atom. The van der Waals surface area contributed by atoms with Gasteiger partial charge in [0.1, 0.15) is 6.61 Å². The fraction of sp³-hybridized carbons (Fsp3) is 0.115. The van der Waals surface area contributed by atoms with Crippen LogP contribution in [0.1, 0.15) is 16.7 Å². The third kappa shape index (κ3) is 5.67. The van der Waals surface area contributed by atoms with Gasteiger partial charge < -0.3 is 9.47 Å². The number of ether oxygens (including phenoxy) is 2. The van der Waals surface area contributed by atoms with Gasteiger partial charge in [-0.3, -0.25) is 9.69 Å². The van der Waals surface area contributed by atoms with Crippen molar-refractivity contribution in [1.82, 2.24) is 0 Å². The van der Waals surface area contributed by atoms with E-state index in [9.17, 15) is 10.1 Å². The lowest BCUT2D eigenvalue weighted by Gasteiger charge is -2.15. The molecule has 0 atom stereocenters. The molecule has 3 aromatic carbocycles. The van der Waals surface area contributed by atoms with E-state index in [0.717, 1.165) is 25.3 Å². The van der Waals surface area contributed by atoms with Crippen LogP contribution >= 0.6 is 58.3 Å². The van der Waals surface area contributed by atoms with E-state index in [1.54, 1.807) is 29.8 Å². The van der Waals surface area contributed by atoms with Crippen LogP contribution in [0.5, 0.6) is 11.5 Å². The van der Waals surface area contributed by atoms with Gasteiger partial charge in [0.25, 0.3) is 5.91 Å². The molecule has 176 valence electrons. The van der Waals surface area contributed by atoms with Crippen molar-refractivity contribution in [2.75, 3.05) is 18.3 Å². The van der Waals surface area contributed by atoms with Crippen LogP contribution in [0, 0.1) is 14.9 Å². The molecule has 0 spiro atoms. The predicted octanol–water partition coefficient (Wildman–Crippen LogP) is 6.88. The second kappa shape index (κ2) is 11.5. The summed E-state index contributed by atoms with van der Waals surface area (Å²) in [5.74, 6) is 0.973. The highest BCUT2D eigenvalue weighted by molar-refractivity contribution is 14.1. The summed E-state index contributed by atoms with van der Waals surface area (Å²) in [6.07, 6.45) is 3.81. The number of thiocarbonyl (C=S) groups is 1. The molecule has 1 aliphatic rings. The number of nitriles is 1. The third-order valence-corrected chi connectivity index (χ3v) is 7.99. The van der Waals surface area contributed by atoms with E-state index in [1.165, 1.54) is 11.8 Å². The van der Waals surface area contributed by atoms with Gasteiger partial charge in [0.15, 0.2) is 15.8 Å². The first-order chi connectivity index (χ1) is 16.9. The summed E-state index contributed by atoms with van der Waals surface area (Å²) >= 11 is 10.6. The van der Waals surface area contributed by atoms with Crippen LogP contribution in [0.3, 0.4) is 0 Å². The zero-order valence-electron chi connectivity index (χ0n) is 18.8. The van der Waals surface area contributed by atoms with Gasteiger partial charge in [0.05, 0.1) is 32.9 Å². The maximum atomic E-state index is 13.2. The minimum Gasteiger partial charge on any atom is -0.493 e. The van der Waals surface area contributed by atoms with E-state index in [0.29, 0.717) is 26.3 Å². The summed E-state index contributed by atoms with van der Waals surface area (Å²) in [5.41, 5.74) is 2.93. The summed E-state index contributed by atoms with van der Waals surface area (Å²) in [5, 5.41) is 9.32. The Hall–Kier alpha value is -2.52. The topological polar surface area (TPSA) is 62.6 Å². The van der Waals surface area contributed by atoms with Crippen LogP contribution in [0.4, 0.5) is 5.69 Å². The van der Waals surface area contributed by atoms with E-state index < -0.39 is 0 Å². The van der Waals surface area contributed by atoms with Crippen molar-refractivity contribution in [1.29, 1.82) is 5.26 Å². The average Bonchev–Trinajstić information content (AvgIpc) is 3.15. The number of carbonyl (C=O) groups is 1. The average molecular weight is 631 g/mol. The van der Waals surface area contributed by atoms with Gasteiger partial charge in [-0.25, -0.2) is 0 Å². The summed E-state index contributed by atoms with van der Waals surface area (Å²) in [7, 11) is 1.57. The van der Waals surface area contributed by atoms with Gasteiger partial charge in [0, 0.05) is 10.5 Å². The largest absolute Gasteiger partial charge is 0.493 e. The van der Waals surface area contributed by atoms with Crippen molar-refractivity contribution < 1.29 is 14.3 Å². The molecule has 35 heavy (non-hydrogen) atoms. The highest BCUT2D eigenvalue weighted by atomic mass is 127. The molecule has 0 aliphatic carbocycles. The van der Waals surface area contributed by atoms with Crippen molar-refractivity contribution >= 4 is 80.3 Å². The summed E-state index contributed by atoms with van der Waals surface area (Å²) in [6, 6.07) is 21.0. The minimum absolute atomic E-state index is 0.152. The number of rotatable bonds is 7. The Kier molecular flexibility index (Phi) is 8.38. The lowest BCUT2D eigenvalue weighted by atomic mass is 10.1. The number of methoxy groups -OCH3 is 1. The SMILES string of the molecule is COc1cc(/C=C2/SC(=S)N(c3cccc(SC)c3)C2=O)cc(I)c1OCc1ccccc1C#N. The van der Waals surface area contributed by atoms with E-state index in [4.69, 9.17) is 21.7 Å². The molecular formula is C26H19IN2O3S3. The van der Waals surface area contributed by atoms with Gasteiger partial charge in [-0.15, -0.1) is 11.8 Å². The number of anilines is 1. The summed E-state index contributed by atoms with van der Waals surface area (Å²) < 4.78 is 12.9. The first-order valence-electron chi connectivity index (χ1n) is 10.4. The van der Waals surface area contributed by atoms with Crippen LogP contribution in [0.15, 0.2) is 70.5 Å². The molecule has 0 unspecified atom stereocenters. The number of halogens is 1. The zero-order chi connectivity index (χ0) is 24.9. The van der Waals surface area contributed by atoms with Crippen LogP contribution in [-0.4, -0.2) is 23.6 Å². The quantitative estimate of drug-likeness (QED) is 0.122. The molecule has 1 heterocycles. The van der Waals surface area contributed by atoms with Gasteiger partial charge in [-0.05, 0) is 76.9 Å². The van der Waals surface area contributed by atoms with Gasteiger partial charge in [-0.1, -0.05) is 48.2 Å². The number of amides is 1.